The fourth-order valence-corrected chi connectivity index (χ4v) is 2.27. The fourth-order valence-electron chi connectivity index (χ4n) is 2.27. The maximum absolute atomic E-state index is 13.6. The van der Waals surface area contributed by atoms with Crippen LogP contribution in [0.3, 0.4) is 0 Å². The van der Waals surface area contributed by atoms with Crippen molar-refractivity contribution in [1.29, 1.82) is 0 Å². The molecule has 0 saturated carbocycles. The molecule has 27 heavy (non-hydrogen) atoms. The van der Waals surface area contributed by atoms with Crippen molar-refractivity contribution in [2.45, 2.75) is 6.10 Å². The number of halogens is 1. The van der Waals surface area contributed by atoms with Gasteiger partial charge in [0, 0.05) is 12.1 Å². The van der Waals surface area contributed by atoms with E-state index in [9.17, 15) is 24.1 Å². The highest BCUT2D eigenvalue weighted by molar-refractivity contribution is 5.93. The van der Waals surface area contributed by atoms with Gasteiger partial charge in [-0.2, -0.15) is 0 Å². The molecule has 1 atom stereocenters. The predicted octanol–water partition coefficient (Wildman–Crippen LogP) is 2.06. The van der Waals surface area contributed by atoms with Crippen LogP contribution in [0, 0.1) is 15.9 Å². The summed E-state index contributed by atoms with van der Waals surface area (Å²) in [4.78, 5) is 33.8. The number of nitrogens with one attached hydrogen (secondary N) is 1. The number of nitro groups is 1. The number of nitrogens with zero attached hydrogens (tertiary/aromatic N) is 1. The summed E-state index contributed by atoms with van der Waals surface area (Å²) in [5.74, 6) is -1.70. The molecular weight excluding hydrogens is 363 g/mol. The van der Waals surface area contributed by atoms with Crippen LogP contribution in [0.1, 0.15) is 0 Å². The largest absolute Gasteiger partial charge is 0.485 e. The van der Waals surface area contributed by atoms with E-state index in [0.29, 0.717) is 11.5 Å². The molecule has 3 rings (SSSR count). The molecule has 1 aliphatic heterocycles. The Labute approximate surface area is 151 Å². The minimum atomic E-state index is -1.05. The molecule has 0 bridgehead atoms. The lowest BCUT2D eigenvalue weighted by molar-refractivity contribution is -0.384. The van der Waals surface area contributed by atoms with Crippen LogP contribution in [-0.4, -0.2) is 36.1 Å². The summed E-state index contributed by atoms with van der Waals surface area (Å²) in [5, 5.41) is 12.8. The molecule has 2 aromatic carbocycles. The molecule has 0 fully saturated rings. The number of benzene rings is 2. The molecule has 0 radical (unpaired) electrons. The standard InChI is InChI=1S/C17H13FN2O7/c18-11-6-5-10(20(23)24)7-12(11)19-16(21)9-26-17(22)15-8-25-13-3-1-2-4-14(13)27-15/h1-7,15H,8-9H2,(H,19,21). The number of non-ortho nitro benzene ring substituents is 1. The second-order valence-electron chi connectivity index (χ2n) is 5.44. The lowest BCUT2D eigenvalue weighted by atomic mass is 10.2. The zero-order valence-corrected chi connectivity index (χ0v) is 13.7. The van der Waals surface area contributed by atoms with Gasteiger partial charge in [-0.05, 0) is 18.2 Å². The van der Waals surface area contributed by atoms with Crippen molar-refractivity contribution in [3.63, 3.8) is 0 Å². The molecule has 9 nitrogen and oxygen atoms in total. The number of amides is 1. The molecule has 1 amide bonds. The van der Waals surface area contributed by atoms with E-state index >= 15 is 0 Å². The highest BCUT2D eigenvalue weighted by atomic mass is 19.1. The number of ether oxygens (including phenoxy) is 3. The van der Waals surface area contributed by atoms with Crippen molar-refractivity contribution in [3.8, 4) is 11.5 Å². The van der Waals surface area contributed by atoms with Crippen LogP contribution in [0.5, 0.6) is 11.5 Å². The van der Waals surface area contributed by atoms with Gasteiger partial charge < -0.3 is 19.5 Å². The minimum absolute atomic E-state index is 0.0863. The fraction of sp³-hybridized carbons (Fsp3) is 0.176. The third kappa shape index (κ3) is 4.29. The van der Waals surface area contributed by atoms with Gasteiger partial charge in [0.2, 0.25) is 6.10 Å². The average molecular weight is 376 g/mol. The van der Waals surface area contributed by atoms with Gasteiger partial charge in [0.1, 0.15) is 12.4 Å². The van der Waals surface area contributed by atoms with Crippen molar-refractivity contribution < 1.29 is 33.1 Å². The van der Waals surface area contributed by atoms with Crippen molar-refractivity contribution >= 4 is 23.3 Å². The zero-order chi connectivity index (χ0) is 19.4. The predicted molar refractivity (Wildman–Crippen MR) is 89.0 cm³/mol. The topological polar surface area (TPSA) is 117 Å². The summed E-state index contributed by atoms with van der Waals surface area (Å²) in [6, 6.07) is 9.43. The number of hydrogen-bond acceptors (Lipinski definition) is 7. The number of hydrogen-bond donors (Lipinski definition) is 1. The quantitative estimate of drug-likeness (QED) is 0.482. The van der Waals surface area contributed by atoms with Crippen molar-refractivity contribution in [2.75, 3.05) is 18.5 Å². The summed E-state index contributed by atoms with van der Waals surface area (Å²) in [7, 11) is 0. The number of carbonyl (C=O) groups excluding carboxylic acids is 2. The molecular formula is C17H13FN2O7. The second kappa shape index (κ2) is 7.68. The van der Waals surface area contributed by atoms with Gasteiger partial charge in [0.15, 0.2) is 18.1 Å². The zero-order valence-electron chi connectivity index (χ0n) is 13.7. The Kier molecular flexibility index (Phi) is 5.15. The Hall–Kier alpha value is -3.69. The molecule has 0 saturated heterocycles. The van der Waals surface area contributed by atoms with Gasteiger partial charge in [-0.1, -0.05) is 12.1 Å². The van der Waals surface area contributed by atoms with Crippen LogP contribution in [0.2, 0.25) is 0 Å². The van der Waals surface area contributed by atoms with E-state index in [1.54, 1.807) is 24.3 Å². The molecule has 2 aromatic rings. The van der Waals surface area contributed by atoms with Gasteiger partial charge in [-0.15, -0.1) is 0 Å². The third-order valence-corrected chi connectivity index (χ3v) is 3.55. The summed E-state index contributed by atoms with van der Waals surface area (Å²) in [6.07, 6.45) is -1.05. The molecule has 1 unspecified atom stereocenters. The van der Waals surface area contributed by atoms with E-state index in [1.807, 2.05) is 0 Å². The number of carbonyl (C=O) groups is 2. The molecule has 1 heterocycles. The first-order valence-electron chi connectivity index (χ1n) is 7.73. The number of anilines is 1. The maximum Gasteiger partial charge on any atom is 0.351 e. The van der Waals surface area contributed by atoms with Gasteiger partial charge >= 0.3 is 5.97 Å². The van der Waals surface area contributed by atoms with Crippen molar-refractivity contribution in [2.24, 2.45) is 0 Å². The SMILES string of the molecule is O=C(COC(=O)C1COc2ccccc2O1)Nc1cc([N+](=O)[O-])ccc1F. The summed E-state index contributed by atoms with van der Waals surface area (Å²) >= 11 is 0. The first-order valence-corrected chi connectivity index (χ1v) is 7.73. The number of nitro benzene ring substituents is 1. The molecule has 1 aliphatic rings. The minimum Gasteiger partial charge on any atom is -0.485 e. The molecule has 140 valence electrons. The number of fused-ring (bicyclic) bond motifs is 1. The lowest BCUT2D eigenvalue weighted by Gasteiger charge is -2.24. The van der Waals surface area contributed by atoms with E-state index in [0.717, 1.165) is 18.2 Å². The Morgan fingerprint density at radius 2 is 2.00 bits per heavy atom. The molecule has 0 aliphatic carbocycles. The Morgan fingerprint density at radius 3 is 2.74 bits per heavy atom. The van der Waals surface area contributed by atoms with E-state index in [1.165, 1.54) is 0 Å². The molecule has 0 aromatic heterocycles. The van der Waals surface area contributed by atoms with Gasteiger partial charge in [0.25, 0.3) is 11.6 Å². The first-order chi connectivity index (χ1) is 12.9. The van der Waals surface area contributed by atoms with Gasteiger partial charge in [-0.25, -0.2) is 9.18 Å². The van der Waals surface area contributed by atoms with Crippen LogP contribution in [-0.2, 0) is 14.3 Å². The Bertz CT molecular complexity index is 903. The smallest absolute Gasteiger partial charge is 0.351 e. The summed E-state index contributed by atoms with van der Waals surface area (Å²) in [6.45, 7) is -0.806. The molecule has 1 N–H and O–H groups in total. The normalized spacial score (nSPS) is 14.9. The van der Waals surface area contributed by atoms with E-state index in [-0.39, 0.29) is 6.61 Å². The monoisotopic (exact) mass is 376 g/mol. The van der Waals surface area contributed by atoms with Crippen LogP contribution in [0.4, 0.5) is 15.8 Å². The third-order valence-electron chi connectivity index (χ3n) is 3.55. The molecule has 0 spiro atoms. The van der Waals surface area contributed by atoms with E-state index in [2.05, 4.69) is 5.32 Å². The highest BCUT2D eigenvalue weighted by Gasteiger charge is 2.29. The van der Waals surface area contributed by atoms with E-state index < -0.39 is 46.7 Å². The molecule has 10 heteroatoms. The maximum atomic E-state index is 13.6. The number of esters is 1. The number of rotatable bonds is 5. The van der Waals surface area contributed by atoms with Crippen LogP contribution < -0.4 is 14.8 Å². The Morgan fingerprint density at radius 1 is 1.26 bits per heavy atom. The Balaban J connectivity index is 1.54. The summed E-state index contributed by atoms with van der Waals surface area (Å²) < 4.78 is 29.3. The first kappa shape index (κ1) is 18.1. The van der Waals surface area contributed by atoms with Crippen LogP contribution in [0.25, 0.3) is 0 Å². The second-order valence-corrected chi connectivity index (χ2v) is 5.44. The van der Waals surface area contributed by atoms with Gasteiger partial charge in [0.05, 0.1) is 10.6 Å². The summed E-state index contributed by atoms with van der Waals surface area (Å²) in [5.41, 5.74) is -0.786. The van der Waals surface area contributed by atoms with Gasteiger partial charge in [-0.3, -0.25) is 14.9 Å². The number of para-hydroxylation sites is 2. The average Bonchev–Trinajstić information content (AvgIpc) is 2.67. The highest BCUT2D eigenvalue weighted by Crippen LogP contribution is 2.31. The van der Waals surface area contributed by atoms with Crippen molar-refractivity contribution in [3.05, 3.63) is 58.4 Å². The van der Waals surface area contributed by atoms with Crippen LogP contribution >= 0.6 is 0 Å². The van der Waals surface area contributed by atoms with E-state index in [4.69, 9.17) is 14.2 Å². The van der Waals surface area contributed by atoms with Crippen molar-refractivity contribution in [1.82, 2.24) is 0 Å². The van der Waals surface area contributed by atoms with Crippen LogP contribution in [0.15, 0.2) is 42.5 Å². The lowest BCUT2D eigenvalue weighted by Crippen LogP contribution is -2.39.